The predicted octanol–water partition coefficient (Wildman–Crippen LogP) is 2.67. The van der Waals surface area contributed by atoms with Gasteiger partial charge in [0.05, 0.1) is 4.90 Å². The molecule has 5 heteroatoms. The van der Waals surface area contributed by atoms with E-state index in [-0.39, 0.29) is 4.90 Å². The molecule has 0 amide bonds. The van der Waals surface area contributed by atoms with E-state index in [1.807, 2.05) is 12.1 Å². The van der Waals surface area contributed by atoms with Crippen LogP contribution in [0.5, 0.6) is 0 Å². The zero-order valence-corrected chi connectivity index (χ0v) is 10.7. The summed E-state index contributed by atoms with van der Waals surface area (Å²) in [6, 6.07) is 10.6. The Hall–Kier alpha value is -0.910. The molecule has 0 aliphatic heterocycles. The van der Waals surface area contributed by atoms with E-state index in [0.717, 1.165) is 9.86 Å². The van der Waals surface area contributed by atoms with Crippen LogP contribution in [0.2, 0.25) is 0 Å². The van der Waals surface area contributed by atoms with Gasteiger partial charge < -0.3 is 0 Å². The van der Waals surface area contributed by atoms with Gasteiger partial charge in [0.15, 0.2) is 0 Å². The second-order valence-corrected chi connectivity index (χ2v) is 5.83. The molecule has 0 aliphatic rings. The molecule has 0 unspecified atom stereocenters. The monoisotopic (exact) mass is 298 g/mol. The minimum atomic E-state index is -3.52. The first-order chi connectivity index (χ1) is 7.56. The summed E-state index contributed by atoms with van der Waals surface area (Å²) in [6.07, 6.45) is 0. The molecule has 3 nitrogen and oxygen atoms in total. The van der Waals surface area contributed by atoms with Gasteiger partial charge in [-0.05, 0) is 17.5 Å². The van der Waals surface area contributed by atoms with E-state index in [1.165, 1.54) is 0 Å². The molecule has 1 radical (unpaired) electrons. The van der Waals surface area contributed by atoms with E-state index in [9.17, 15) is 8.42 Å². The highest BCUT2D eigenvalue weighted by atomic mass is 79.9. The van der Waals surface area contributed by atoms with Crippen molar-refractivity contribution in [3.63, 3.8) is 0 Å². The number of benzene rings is 2. The standard InChI is InChI=1S/C11H9BrNO2S/c1-13-16(14,15)11-7-3-4-8-9(11)5-2-6-10(8)12/h2-7,13H,1H2. The van der Waals surface area contributed by atoms with Crippen LogP contribution in [0.15, 0.2) is 45.8 Å². The molecule has 2 aromatic carbocycles. The van der Waals surface area contributed by atoms with Crippen LogP contribution < -0.4 is 4.72 Å². The molecule has 2 aromatic rings. The van der Waals surface area contributed by atoms with Crippen LogP contribution in [-0.2, 0) is 10.0 Å². The molecular formula is C11H9BrNO2S. The van der Waals surface area contributed by atoms with Crippen molar-refractivity contribution in [3.05, 3.63) is 47.9 Å². The maximum atomic E-state index is 11.7. The fourth-order valence-electron chi connectivity index (χ4n) is 1.55. The molecule has 16 heavy (non-hydrogen) atoms. The van der Waals surface area contributed by atoms with Gasteiger partial charge in [0, 0.05) is 16.9 Å². The van der Waals surface area contributed by atoms with Crippen LogP contribution in [0.4, 0.5) is 0 Å². The fraction of sp³-hybridized carbons (Fsp3) is 0. The smallest absolute Gasteiger partial charge is 0.210 e. The van der Waals surface area contributed by atoms with Gasteiger partial charge in [0.25, 0.3) is 0 Å². The van der Waals surface area contributed by atoms with Gasteiger partial charge in [-0.2, -0.15) is 0 Å². The Kier molecular flexibility index (Phi) is 3.01. The fourth-order valence-corrected chi connectivity index (χ4v) is 2.93. The van der Waals surface area contributed by atoms with E-state index >= 15 is 0 Å². The molecule has 1 N–H and O–H groups in total. The van der Waals surface area contributed by atoms with E-state index in [1.54, 1.807) is 24.3 Å². The van der Waals surface area contributed by atoms with Crippen LogP contribution in [-0.4, -0.2) is 8.42 Å². The number of rotatable bonds is 2. The molecule has 0 spiro atoms. The molecule has 0 saturated carbocycles. The van der Waals surface area contributed by atoms with E-state index in [2.05, 4.69) is 27.7 Å². The van der Waals surface area contributed by atoms with E-state index in [4.69, 9.17) is 0 Å². The summed E-state index contributed by atoms with van der Waals surface area (Å²) in [5, 5.41) is 1.53. The third kappa shape index (κ3) is 1.86. The first-order valence-electron chi connectivity index (χ1n) is 4.52. The van der Waals surface area contributed by atoms with Crippen LogP contribution in [0.25, 0.3) is 10.8 Å². The average molecular weight is 299 g/mol. The second kappa shape index (κ2) is 4.16. The third-order valence-electron chi connectivity index (χ3n) is 2.31. The van der Waals surface area contributed by atoms with Crippen LogP contribution in [0.3, 0.4) is 0 Å². The normalized spacial score (nSPS) is 11.9. The van der Waals surface area contributed by atoms with Crippen molar-refractivity contribution in [1.82, 2.24) is 4.72 Å². The van der Waals surface area contributed by atoms with Gasteiger partial charge in [-0.25, -0.2) is 13.1 Å². The Bertz CT molecular complexity index is 637. The van der Waals surface area contributed by atoms with Gasteiger partial charge in [0.2, 0.25) is 10.0 Å². The van der Waals surface area contributed by atoms with Crippen molar-refractivity contribution in [3.8, 4) is 0 Å². The van der Waals surface area contributed by atoms with Crippen molar-refractivity contribution in [2.75, 3.05) is 0 Å². The molecule has 0 bridgehead atoms. The zero-order valence-electron chi connectivity index (χ0n) is 8.27. The Labute approximate surface area is 103 Å². The molecule has 0 atom stereocenters. The van der Waals surface area contributed by atoms with Crippen LogP contribution in [0.1, 0.15) is 0 Å². The Morgan fingerprint density at radius 1 is 1.06 bits per heavy atom. The highest BCUT2D eigenvalue weighted by Crippen LogP contribution is 2.28. The lowest BCUT2D eigenvalue weighted by molar-refractivity contribution is 0.591. The number of fused-ring (bicyclic) bond motifs is 1. The maximum Gasteiger partial charge on any atom is 0.241 e. The molecule has 2 rings (SSSR count). The predicted molar refractivity (Wildman–Crippen MR) is 67.3 cm³/mol. The van der Waals surface area contributed by atoms with Crippen molar-refractivity contribution in [2.24, 2.45) is 0 Å². The lowest BCUT2D eigenvalue weighted by atomic mass is 10.1. The van der Waals surface area contributed by atoms with Gasteiger partial charge in [-0.3, -0.25) is 0 Å². The van der Waals surface area contributed by atoms with Crippen molar-refractivity contribution in [2.45, 2.75) is 4.90 Å². The summed E-state index contributed by atoms with van der Waals surface area (Å²) < 4.78 is 26.4. The number of hydrogen-bond donors (Lipinski definition) is 1. The molecule has 0 heterocycles. The van der Waals surface area contributed by atoms with Crippen molar-refractivity contribution >= 4 is 36.7 Å². The summed E-state index contributed by atoms with van der Waals surface area (Å²) in [6.45, 7) is 0. The average Bonchev–Trinajstić information content (AvgIpc) is 2.29. The SMILES string of the molecule is [CH2]NS(=O)(=O)c1cccc2c(Br)cccc12. The molecule has 0 saturated heterocycles. The number of hydrogen-bond acceptors (Lipinski definition) is 2. The summed E-state index contributed by atoms with van der Waals surface area (Å²) in [5.41, 5.74) is 0. The number of nitrogens with one attached hydrogen (secondary N) is 1. The highest BCUT2D eigenvalue weighted by Gasteiger charge is 2.15. The quantitative estimate of drug-likeness (QED) is 0.926. The van der Waals surface area contributed by atoms with Gasteiger partial charge in [0.1, 0.15) is 0 Å². The Balaban J connectivity index is 2.88. The molecule has 0 aromatic heterocycles. The highest BCUT2D eigenvalue weighted by molar-refractivity contribution is 9.10. The lowest BCUT2D eigenvalue weighted by Gasteiger charge is -2.07. The summed E-state index contributed by atoms with van der Waals surface area (Å²) >= 11 is 3.39. The minimum Gasteiger partial charge on any atom is -0.210 e. The van der Waals surface area contributed by atoms with E-state index in [0.29, 0.717) is 5.39 Å². The largest absolute Gasteiger partial charge is 0.241 e. The van der Waals surface area contributed by atoms with E-state index < -0.39 is 10.0 Å². The molecule has 0 fully saturated rings. The number of halogens is 1. The van der Waals surface area contributed by atoms with Gasteiger partial charge in [-0.1, -0.05) is 40.2 Å². The second-order valence-electron chi connectivity index (χ2n) is 3.24. The first-order valence-corrected chi connectivity index (χ1v) is 6.80. The summed E-state index contributed by atoms with van der Waals surface area (Å²) in [4.78, 5) is 0.237. The summed E-state index contributed by atoms with van der Waals surface area (Å²) in [7, 11) is -0.310. The molecular weight excluding hydrogens is 290 g/mol. The molecule has 0 aliphatic carbocycles. The zero-order chi connectivity index (χ0) is 11.8. The molecule has 83 valence electrons. The van der Waals surface area contributed by atoms with Gasteiger partial charge >= 0.3 is 0 Å². The van der Waals surface area contributed by atoms with Crippen molar-refractivity contribution < 1.29 is 8.42 Å². The minimum absolute atomic E-state index is 0.237. The van der Waals surface area contributed by atoms with Gasteiger partial charge in [-0.15, -0.1) is 0 Å². The number of sulfonamides is 1. The first kappa shape index (κ1) is 11.6. The van der Waals surface area contributed by atoms with Crippen molar-refractivity contribution in [1.29, 1.82) is 0 Å². The Morgan fingerprint density at radius 3 is 2.38 bits per heavy atom. The lowest BCUT2D eigenvalue weighted by Crippen LogP contribution is -2.16. The van der Waals surface area contributed by atoms with Crippen LogP contribution in [0, 0.1) is 7.05 Å². The summed E-state index contributed by atoms with van der Waals surface area (Å²) in [5.74, 6) is 0. The topological polar surface area (TPSA) is 46.2 Å². The third-order valence-corrected chi connectivity index (χ3v) is 4.31. The van der Waals surface area contributed by atoms with Crippen LogP contribution >= 0.6 is 15.9 Å². The Morgan fingerprint density at radius 2 is 1.69 bits per heavy atom. The maximum absolute atomic E-state index is 11.7.